The van der Waals surface area contributed by atoms with E-state index in [-0.39, 0.29) is 12.5 Å². The van der Waals surface area contributed by atoms with Gasteiger partial charge in [-0.2, -0.15) is 5.10 Å². The Bertz CT molecular complexity index is 1330. The fourth-order valence-electron chi connectivity index (χ4n) is 3.07. The maximum Gasteiger partial charge on any atom is 0.329 e. The fourth-order valence-corrected chi connectivity index (χ4v) is 3.98. The zero-order chi connectivity index (χ0) is 27.5. The molecule has 0 fully saturated rings. The number of amides is 3. The topological polar surface area (TPSA) is 127 Å². The lowest BCUT2D eigenvalue weighted by molar-refractivity contribution is -0.136. The molecule has 0 bridgehead atoms. The zero-order valence-electron chi connectivity index (χ0n) is 20.4. The summed E-state index contributed by atoms with van der Waals surface area (Å²) in [6.45, 7) is 1.97. The summed E-state index contributed by atoms with van der Waals surface area (Å²) in [6, 6.07) is 16.8. The Morgan fingerprint density at radius 3 is 2.42 bits per heavy atom. The van der Waals surface area contributed by atoms with Gasteiger partial charge in [0.25, 0.3) is 5.91 Å². The lowest BCUT2D eigenvalue weighted by Crippen LogP contribution is -2.32. The Labute approximate surface area is 237 Å². The molecule has 3 rings (SSSR count). The number of carbonyl (C=O) groups excluding carboxylic acids is 3. The van der Waals surface area contributed by atoms with Crippen LogP contribution in [0.2, 0.25) is 5.02 Å². The van der Waals surface area contributed by atoms with Crippen molar-refractivity contribution in [1.29, 1.82) is 0 Å². The van der Waals surface area contributed by atoms with Crippen LogP contribution in [0.25, 0.3) is 0 Å². The van der Waals surface area contributed by atoms with Gasteiger partial charge >= 0.3 is 11.8 Å². The van der Waals surface area contributed by atoms with Gasteiger partial charge in [-0.25, -0.2) is 5.43 Å². The molecule has 3 aromatic carbocycles. The van der Waals surface area contributed by atoms with Gasteiger partial charge in [0.05, 0.1) is 29.2 Å². The van der Waals surface area contributed by atoms with E-state index in [4.69, 9.17) is 25.8 Å². The van der Waals surface area contributed by atoms with Crippen LogP contribution in [0, 0.1) is 3.57 Å². The summed E-state index contributed by atoms with van der Waals surface area (Å²) in [5.41, 5.74) is 3.70. The van der Waals surface area contributed by atoms with Crippen LogP contribution in [0.3, 0.4) is 0 Å². The first-order valence-corrected chi connectivity index (χ1v) is 12.7. The van der Waals surface area contributed by atoms with E-state index in [1.807, 2.05) is 29.5 Å². The molecule has 10 nitrogen and oxygen atoms in total. The molecule has 0 spiro atoms. The van der Waals surface area contributed by atoms with E-state index >= 15 is 0 Å². The molecule has 0 unspecified atom stereocenters. The van der Waals surface area contributed by atoms with E-state index < -0.39 is 11.8 Å². The molecule has 0 aliphatic carbocycles. The van der Waals surface area contributed by atoms with Gasteiger partial charge in [0.15, 0.2) is 18.1 Å². The summed E-state index contributed by atoms with van der Waals surface area (Å²) in [5, 5.41) is 9.62. The molecular weight excluding hydrogens is 627 g/mol. The number of carbonyl (C=O) groups is 3. The quantitative estimate of drug-likeness (QED) is 0.129. The van der Waals surface area contributed by atoms with Crippen LogP contribution in [0.1, 0.15) is 12.5 Å². The minimum Gasteiger partial charge on any atom is -0.493 e. The number of hydrogen-bond donors (Lipinski definition) is 3. The van der Waals surface area contributed by atoms with E-state index in [0.717, 1.165) is 0 Å². The van der Waals surface area contributed by atoms with E-state index in [0.29, 0.717) is 49.4 Å². The average molecular weight is 651 g/mol. The number of hydrogen-bond acceptors (Lipinski definition) is 7. The minimum absolute atomic E-state index is 0.250. The highest BCUT2D eigenvalue weighted by molar-refractivity contribution is 14.1. The van der Waals surface area contributed by atoms with E-state index in [1.165, 1.54) is 13.3 Å². The summed E-state index contributed by atoms with van der Waals surface area (Å²) in [7, 11) is 1.46. The van der Waals surface area contributed by atoms with Gasteiger partial charge in [-0.3, -0.25) is 14.4 Å². The zero-order valence-corrected chi connectivity index (χ0v) is 23.3. The largest absolute Gasteiger partial charge is 0.493 e. The maximum absolute atomic E-state index is 12.3. The van der Waals surface area contributed by atoms with Gasteiger partial charge in [0.1, 0.15) is 5.75 Å². The maximum atomic E-state index is 12.3. The van der Waals surface area contributed by atoms with Crippen LogP contribution in [-0.2, 0) is 14.4 Å². The first-order chi connectivity index (χ1) is 18.3. The van der Waals surface area contributed by atoms with E-state index in [9.17, 15) is 14.4 Å². The summed E-state index contributed by atoms with van der Waals surface area (Å²) in [5.74, 6) is -1.04. The van der Waals surface area contributed by atoms with Crippen molar-refractivity contribution in [3.8, 4) is 17.2 Å². The number of halogens is 2. The van der Waals surface area contributed by atoms with Crippen molar-refractivity contribution in [2.45, 2.75) is 6.92 Å². The highest BCUT2D eigenvalue weighted by atomic mass is 127. The number of hydrazone groups is 1. The smallest absolute Gasteiger partial charge is 0.329 e. The second-order valence-corrected chi connectivity index (χ2v) is 9.06. The van der Waals surface area contributed by atoms with Crippen LogP contribution >= 0.6 is 34.2 Å². The van der Waals surface area contributed by atoms with E-state index in [1.54, 1.807) is 60.7 Å². The first-order valence-electron chi connectivity index (χ1n) is 11.2. The third-order valence-corrected chi connectivity index (χ3v) is 5.80. The predicted molar refractivity (Wildman–Crippen MR) is 153 cm³/mol. The summed E-state index contributed by atoms with van der Waals surface area (Å²) in [4.78, 5) is 36.7. The molecule has 3 amide bonds. The molecule has 3 aromatic rings. The Hall–Kier alpha value is -3.84. The number of anilines is 2. The Morgan fingerprint density at radius 2 is 1.71 bits per heavy atom. The van der Waals surface area contributed by atoms with Crippen molar-refractivity contribution in [2.24, 2.45) is 5.10 Å². The van der Waals surface area contributed by atoms with Crippen molar-refractivity contribution in [3.63, 3.8) is 0 Å². The molecule has 198 valence electrons. The van der Waals surface area contributed by atoms with Gasteiger partial charge in [0.2, 0.25) is 0 Å². The Balaban J connectivity index is 1.58. The Morgan fingerprint density at radius 1 is 0.974 bits per heavy atom. The van der Waals surface area contributed by atoms with Gasteiger partial charge in [-0.15, -0.1) is 0 Å². The SMILES string of the molecule is CCOc1ccccc1NC(=O)C(=O)N/N=C\c1cc(I)c(OCC(=O)Nc2ccc(Cl)cc2)c(OC)c1. The predicted octanol–water partition coefficient (Wildman–Crippen LogP) is 4.46. The molecule has 0 aliphatic heterocycles. The number of nitrogens with one attached hydrogen (secondary N) is 3. The molecule has 0 atom stereocenters. The number of rotatable bonds is 10. The monoisotopic (exact) mass is 650 g/mol. The lowest BCUT2D eigenvalue weighted by Gasteiger charge is -2.13. The Kier molecular flexibility index (Phi) is 10.7. The number of methoxy groups -OCH3 is 1. The summed E-state index contributed by atoms with van der Waals surface area (Å²) >= 11 is 7.89. The van der Waals surface area contributed by atoms with Crippen molar-refractivity contribution < 1.29 is 28.6 Å². The van der Waals surface area contributed by atoms with Crippen molar-refractivity contribution in [1.82, 2.24) is 5.43 Å². The van der Waals surface area contributed by atoms with Crippen LogP contribution in [0.4, 0.5) is 11.4 Å². The third kappa shape index (κ3) is 8.35. The molecule has 38 heavy (non-hydrogen) atoms. The van der Waals surface area contributed by atoms with Gasteiger partial charge in [0, 0.05) is 10.7 Å². The highest BCUT2D eigenvalue weighted by Crippen LogP contribution is 2.33. The molecule has 0 aliphatic rings. The van der Waals surface area contributed by atoms with Crippen LogP contribution in [-0.4, -0.2) is 44.3 Å². The number of ether oxygens (including phenoxy) is 3. The molecule has 0 heterocycles. The van der Waals surface area contributed by atoms with Crippen molar-refractivity contribution in [3.05, 3.63) is 74.8 Å². The van der Waals surface area contributed by atoms with Crippen molar-refractivity contribution >= 4 is 69.5 Å². The van der Waals surface area contributed by atoms with Crippen LogP contribution in [0.15, 0.2) is 65.8 Å². The van der Waals surface area contributed by atoms with Gasteiger partial charge < -0.3 is 24.8 Å². The van der Waals surface area contributed by atoms with Crippen LogP contribution in [0.5, 0.6) is 17.2 Å². The lowest BCUT2D eigenvalue weighted by atomic mass is 10.2. The normalized spacial score (nSPS) is 10.5. The van der Waals surface area contributed by atoms with E-state index in [2.05, 4.69) is 21.2 Å². The van der Waals surface area contributed by atoms with Crippen molar-refractivity contribution in [2.75, 3.05) is 31.0 Å². The molecule has 0 radical (unpaired) electrons. The first kappa shape index (κ1) is 28.7. The van der Waals surface area contributed by atoms with Crippen LogP contribution < -0.4 is 30.3 Å². The average Bonchev–Trinajstić information content (AvgIpc) is 2.90. The second kappa shape index (κ2) is 14.2. The molecular formula is C26H24ClIN4O6. The number of para-hydroxylation sites is 2. The van der Waals surface area contributed by atoms with Gasteiger partial charge in [-0.1, -0.05) is 23.7 Å². The summed E-state index contributed by atoms with van der Waals surface area (Å²) < 4.78 is 17.1. The second-order valence-electron chi connectivity index (χ2n) is 7.46. The fraction of sp³-hybridized carbons (Fsp3) is 0.154. The number of nitrogens with zero attached hydrogens (tertiary/aromatic N) is 1. The molecule has 0 saturated heterocycles. The standard InChI is InChI=1S/C26H24ClIN4O6/c1-3-37-21-7-5-4-6-20(21)31-25(34)26(35)32-29-14-16-12-19(28)24(22(13-16)36-2)38-15-23(33)30-18-10-8-17(27)9-11-18/h4-14H,3,15H2,1-2H3,(H,30,33)(H,31,34)(H,32,35)/b29-14-. The molecule has 3 N–H and O–H groups in total. The third-order valence-electron chi connectivity index (χ3n) is 4.75. The molecule has 0 saturated carbocycles. The molecule has 0 aromatic heterocycles. The number of benzene rings is 3. The molecule has 12 heteroatoms. The minimum atomic E-state index is -0.958. The summed E-state index contributed by atoms with van der Waals surface area (Å²) in [6.07, 6.45) is 1.35. The highest BCUT2D eigenvalue weighted by Gasteiger charge is 2.16. The van der Waals surface area contributed by atoms with Gasteiger partial charge in [-0.05, 0) is 83.6 Å².